The molecule has 5 heteroatoms. The van der Waals surface area contributed by atoms with E-state index in [1.165, 1.54) is 71.7 Å². The first-order chi connectivity index (χ1) is 22.3. The zero-order chi connectivity index (χ0) is 30.2. The van der Waals surface area contributed by atoms with E-state index in [1.807, 2.05) is 40.9 Å². The quantitative estimate of drug-likeness (QED) is 0.163. The summed E-state index contributed by atoms with van der Waals surface area (Å²) in [6.45, 7) is 0. The van der Waals surface area contributed by atoms with Gasteiger partial charge in [-0.1, -0.05) is 109 Å². The van der Waals surface area contributed by atoms with Crippen LogP contribution in [0.15, 0.2) is 158 Å². The van der Waals surface area contributed by atoms with Gasteiger partial charge in [-0.2, -0.15) is 0 Å². The van der Waals surface area contributed by atoms with E-state index in [0.717, 1.165) is 0 Å². The minimum atomic E-state index is 1.22. The molecule has 0 spiro atoms. The second-order valence-electron chi connectivity index (χ2n) is 10.7. The monoisotopic (exact) mass is 726 g/mol. The van der Waals surface area contributed by atoms with Gasteiger partial charge in [0.25, 0.3) is 0 Å². The van der Waals surface area contributed by atoms with E-state index < -0.39 is 0 Å². The molecule has 0 bridgehead atoms. The van der Waals surface area contributed by atoms with Gasteiger partial charge in [-0.25, -0.2) is 0 Å². The van der Waals surface area contributed by atoms with Crippen LogP contribution in [0.2, 0.25) is 0 Å². The maximum Gasteiger partial charge on any atom is 0.0727 e. The van der Waals surface area contributed by atoms with Crippen LogP contribution in [0, 0.1) is 3.57 Å². The number of hydrogen-bond acceptors (Lipinski definition) is 2. The number of fused-ring (bicyclic) bond motifs is 10. The molecular weight excluding hydrogens is 699 g/mol. The number of nitrogens with zero attached hydrogens (tertiary/aromatic N) is 1. The molecule has 6 aromatic carbocycles. The Balaban J connectivity index is 0.000000114. The number of hydrogen-bond donors (Lipinski definition) is 1. The standard InChI is InChI=1S/C20H13NS.C14H9NS.C6H5I/c1-2-8-14(9-3-1)21-17-12-6-4-10-15(17)20-19(21)16-11-5-7-13-18(16)22-20;1-3-7-11-9(5-1)14-13(15-11)10-6-2-4-8-12(10)16-14;7-6-4-2-1-3-5-6/h1-13H;1-8,15H;1-5H. The molecular formula is C40H27IN2S2. The van der Waals surface area contributed by atoms with Gasteiger partial charge in [-0.3, -0.25) is 0 Å². The van der Waals surface area contributed by atoms with Gasteiger partial charge in [0.1, 0.15) is 0 Å². The van der Waals surface area contributed by atoms with Crippen molar-refractivity contribution >= 4 is 108 Å². The molecule has 10 aromatic rings. The fourth-order valence-corrected chi connectivity index (χ4v) is 8.80. The number of H-pyrrole nitrogens is 1. The molecule has 0 saturated carbocycles. The lowest BCUT2D eigenvalue weighted by molar-refractivity contribution is 1.19. The van der Waals surface area contributed by atoms with Gasteiger partial charge < -0.3 is 9.55 Å². The average molecular weight is 727 g/mol. The molecule has 0 aliphatic carbocycles. The maximum atomic E-state index is 3.51. The van der Waals surface area contributed by atoms with E-state index in [1.54, 1.807) is 0 Å². The van der Waals surface area contributed by atoms with Gasteiger partial charge in [-0.15, -0.1) is 22.7 Å². The van der Waals surface area contributed by atoms with Crippen molar-refractivity contribution in [1.29, 1.82) is 0 Å². The molecule has 0 radical (unpaired) electrons. The lowest BCUT2D eigenvalue weighted by Gasteiger charge is -2.07. The highest BCUT2D eigenvalue weighted by atomic mass is 127. The van der Waals surface area contributed by atoms with Crippen LogP contribution in [0.3, 0.4) is 0 Å². The summed E-state index contributed by atoms with van der Waals surface area (Å²) in [4.78, 5) is 3.51. The number of halogens is 1. The van der Waals surface area contributed by atoms with Crippen molar-refractivity contribution in [3.63, 3.8) is 0 Å². The normalized spacial score (nSPS) is 11.2. The first kappa shape index (κ1) is 28.1. The molecule has 4 heterocycles. The van der Waals surface area contributed by atoms with E-state index in [-0.39, 0.29) is 0 Å². The fourth-order valence-electron chi connectivity index (χ4n) is 5.96. The van der Waals surface area contributed by atoms with Crippen molar-refractivity contribution in [3.8, 4) is 5.69 Å². The summed E-state index contributed by atoms with van der Waals surface area (Å²) in [5.41, 5.74) is 6.34. The smallest absolute Gasteiger partial charge is 0.0727 e. The molecule has 45 heavy (non-hydrogen) atoms. The zero-order valence-corrected chi connectivity index (χ0v) is 27.9. The Hall–Kier alpha value is -4.43. The third-order valence-electron chi connectivity index (χ3n) is 7.96. The molecule has 0 saturated heterocycles. The Bertz CT molecular complexity index is 2480. The average Bonchev–Trinajstić information content (AvgIpc) is 3.84. The Kier molecular flexibility index (Phi) is 7.59. The third-order valence-corrected chi connectivity index (χ3v) is 11.1. The van der Waals surface area contributed by atoms with Gasteiger partial charge in [0.15, 0.2) is 0 Å². The van der Waals surface area contributed by atoms with E-state index in [9.17, 15) is 0 Å². The largest absolute Gasteiger partial charge is 0.353 e. The van der Waals surface area contributed by atoms with Crippen LogP contribution in [0.4, 0.5) is 0 Å². The fraction of sp³-hybridized carbons (Fsp3) is 0. The van der Waals surface area contributed by atoms with Gasteiger partial charge in [0, 0.05) is 45.7 Å². The molecule has 0 unspecified atom stereocenters. The number of benzene rings is 6. The molecule has 216 valence electrons. The lowest BCUT2D eigenvalue weighted by atomic mass is 10.2. The van der Waals surface area contributed by atoms with Crippen LogP contribution >= 0.6 is 45.3 Å². The minimum Gasteiger partial charge on any atom is -0.353 e. The highest BCUT2D eigenvalue weighted by molar-refractivity contribution is 14.1. The van der Waals surface area contributed by atoms with E-state index in [0.29, 0.717) is 0 Å². The van der Waals surface area contributed by atoms with Crippen molar-refractivity contribution < 1.29 is 0 Å². The number of aromatic nitrogens is 2. The summed E-state index contributed by atoms with van der Waals surface area (Å²) in [5.74, 6) is 0. The minimum absolute atomic E-state index is 1.22. The second kappa shape index (κ2) is 12.2. The first-order valence-electron chi connectivity index (χ1n) is 14.8. The summed E-state index contributed by atoms with van der Waals surface area (Å²) in [6.07, 6.45) is 0. The first-order valence-corrected chi connectivity index (χ1v) is 17.5. The summed E-state index contributed by atoms with van der Waals surface area (Å²) in [6, 6.07) is 55.3. The Morgan fingerprint density at radius 2 is 1.00 bits per heavy atom. The van der Waals surface area contributed by atoms with E-state index >= 15 is 0 Å². The SMILES string of the molecule is Ic1ccccc1.c1ccc(-n2c3ccccc3c3sc4ccccc4c32)cc1.c1ccc2c(c1)[nH]c1c3ccccc3sc21. The topological polar surface area (TPSA) is 20.7 Å². The summed E-state index contributed by atoms with van der Waals surface area (Å²) in [7, 11) is 0. The molecule has 2 nitrogen and oxygen atoms in total. The Morgan fingerprint density at radius 1 is 0.467 bits per heavy atom. The molecule has 0 amide bonds. The third kappa shape index (κ3) is 5.21. The molecule has 10 rings (SSSR count). The maximum absolute atomic E-state index is 3.51. The summed E-state index contributed by atoms with van der Waals surface area (Å²) < 4.78 is 9.14. The van der Waals surface area contributed by atoms with Crippen molar-refractivity contribution in [3.05, 3.63) is 161 Å². The van der Waals surface area contributed by atoms with E-state index in [2.05, 4.69) is 172 Å². The summed E-state index contributed by atoms with van der Waals surface area (Å²) >= 11 is 6.03. The molecule has 0 aliphatic rings. The number of aromatic amines is 1. The number of thiophene rings is 2. The van der Waals surface area contributed by atoms with Crippen molar-refractivity contribution in [2.24, 2.45) is 0 Å². The summed E-state index contributed by atoms with van der Waals surface area (Å²) in [5, 5.41) is 5.34. The second-order valence-corrected chi connectivity index (χ2v) is 14.1. The van der Waals surface area contributed by atoms with Crippen LogP contribution in [-0.2, 0) is 0 Å². The Morgan fingerprint density at radius 3 is 1.71 bits per heavy atom. The Labute approximate surface area is 282 Å². The highest BCUT2D eigenvalue weighted by Gasteiger charge is 2.16. The van der Waals surface area contributed by atoms with Crippen LogP contribution < -0.4 is 0 Å². The molecule has 0 fully saturated rings. The van der Waals surface area contributed by atoms with Crippen molar-refractivity contribution in [2.45, 2.75) is 0 Å². The van der Waals surface area contributed by atoms with Gasteiger partial charge >= 0.3 is 0 Å². The van der Waals surface area contributed by atoms with E-state index in [4.69, 9.17) is 0 Å². The van der Waals surface area contributed by atoms with Crippen LogP contribution in [0.1, 0.15) is 0 Å². The number of rotatable bonds is 1. The zero-order valence-electron chi connectivity index (χ0n) is 24.2. The van der Waals surface area contributed by atoms with Gasteiger partial charge in [-0.05, 0) is 71.1 Å². The van der Waals surface area contributed by atoms with Gasteiger partial charge in [0.05, 0.1) is 25.9 Å². The van der Waals surface area contributed by atoms with Crippen molar-refractivity contribution in [2.75, 3.05) is 0 Å². The van der Waals surface area contributed by atoms with Crippen LogP contribution in [0.25, 0.3) is 68.1 Å². The van der Waals surface area contributed by atoms with Crippen LogP contribution in [0.5, 0.6) is 0 Å². The predicted molar refractivity (Wildman–Crippen MR) is 207 cm³/mol. The molecule has 1 N–H and O–H groups in total. The predicted octanol–water partition coefficient (Wildman–Crippen LogP) is 12.8. The highest BCUT2D eigenvalue weighted by Crippen LogP contribution is 2.42. The molecule has 4 aromatic heterocycles. The van der Waals surface area contributed by atoms with Crippen molar-refractivity contribution in [1.82, 2.24) is 9.55 Å². The number of nitrogens with one attached hydrogen (secondary N) is 1. The van der Waals surface area contributed by atoms with Gasteiger partial charge in [0.2, 0.25) is 0 Å². The lowest BCUT2D eigenvalue weighted by Crippen LogP contribution is -1.92. The molecule has 0 aliphatic heterocycles. The molecule has 0 atom stereocenters. The number of para-hydroxylation sites is 3. The van der Waals surface area contributed by atoms with Crippen LogP contribution in [-0.4, -0.2) is 9.55 Å².